The molecule has 1 N–H and O–H groups in total. The van der Waals surface area contributed by atoms with Gasteiger partial charge in [-0.2, -0.15) is 0 Å². The maximum atomic E-state index is 11.1. The number of hydrogen-bond donors (Lipinski definition) is 1. The number of non-ortho nitro benzene ring substituents is 1. The predicted octanol–water partition coefficient (Wildman–Crippen LogP) is 5.84. The van der Waals surface area contributed by atoms with E-state index in [2.05, 4.69) is 39.5 Å². The molecule has 24 heavy (non-hydrogen) atoms. The van der Waals surface area contributed by atoms with E-state index in [1.807, 2.05) is 12.1 Å². The molecule has 0 saturated carbocycles. The molecular weight excluding hydrogens is 392 g/mol. The van der Waals surface area contributed by atoms with E-state index >= 15 is 0 Å². The zero-order valence-electron chi connectivity index (χ0n) is 12.6. The summed E-state index contributed by atoms with van der Waals surface area (Å²) in [6.45, 7) is 0. The third-order valence-corrected chi connectivity index (χ3v) is 5.88. The number of benzene rings is 2. The Balaban J connectivity index is 1.84. The molecule has 0 fully saturated rings. The Morgan fingerprint density at radius 2 is 2.08 bits per heavy atom. The molecule has 3 atom stereocenters. The van der Waals surface area contributed by atoms with Gasteiger partial charge in [-0.15, -0.1) is 0 Å². The average Bonchev–Trinajstić information content (AvgIpc) is 3.05. The molecule has 6 heteroatoms. The first-order chi connectivity index (χ1) is 11.6. The van der Waals surface area contributed by atoms with Gasteiger partial charge >= 0.3 is 0 Å². The largest absolute Gasteiger partial charge is 0.377 e. The summed E-state index contributed by atoms with van der Waals surface area (Å²) in [6.07, 6.45) is 5.34. The standard InChI is InChI=1S/C18H14BrClN2O2/c19-15-6-2-5-13-11-3-1-4-12(11)17(21-18(13)15)14-9-10(22(23)24)7-8-16(14)20/h1-3,5-9,11-12,17,21H,4H2/t11-,12+,17-/m1/s1. The normalized spacial score (nSPS) is 24.2. The number of rotatable bonds is 2. The number of halogens is 2. The fraction of sp³-hybridized carbons (Fsp3) is 0.222. The molecule has 2 aromatic rings. The smallest absolute Gasteiger partial charge is 0.269 e. The molecule has 1 aliphatic heterocycles. The third-order valence-electron chi connectivity index (χ3n) is 4.87. The van der Waals surface area contributed by atoms with Crippen LogP contribution in [-0.4, -0.2) is 4.92 Å². The molecule has 2 aromatic carbocycles. The van der Waals surface area contributed by atoms with Crippen LogP contribution in [0.15, 0.2) is 53.0 Å². The quantitative estimate of drug-likeness (QED) is 0.388. The van der Waals surface area contributed by atoms with Crippen molar-refractivity contribution >= 4 is 38.9 Å². The van der Waals surface area contributed by atoms with Gasteiger partial charge in [-0.25, -0.2) is 0 Å². The molecule has 2 aliphatic rings. The number of allylic oxidation sites excluding steroid dienone is 2. The van der Waals surface area contributed by atoms with E-state index in [0.29, 0.717) is 16.9 Å². The zero-order valence-corrected chi connectivity index (χ0v) is 14.9. The topological polar surface area (TPSA) is 55.2 Å². The molecule has 1 heterocycles. The van der Waals surface area contributed by atoms with Crippen LogP contribution in [0.4, 0.5) is 11.4 Å². The van der Waals surface area contributed by atoms with Crippen molar-refractivity contribution in [2.75, 3.05) is 5.32 Å². The SMILES string of the molecule is O=[N+]([O-])c1ccc(Cl)c([C@@H]2Nc3c(Br)cccc3[C@@H]3C=CC[C@@H]32)c1. The molecule has 1 aliphatic carbocycles. The minimum Gasteiger partial charge on any atom is -0.377 e. The van der Waals surface area contributed by atoms with Crippen molar-refractivity contribution in [3.05, 3.63) is 79.3 Å². The van der Waals surface area contributed by atoms with Crippen molar-refractivity contribution in [2.24, 2.45) is 5.92 Å². The Bertz CT molecular complexity index is 868. The van der Waals surface area contributed by atoms with Crippen LogP contribution >= 0.6 is 27.5 Å². The van der Waals surface area contributed by atoms with Crippen molar-refractivity contribution in [1.82, 2.24) is 0 Å². The molecule has 0 radical (unpaired) electrons. The maximum absolute atomic E-state index is 11.1. The van der Waals surface area contributed by atoms with E-state index in [9.17, 15) is 10.1 Å². The first-order valence-corrected chi connectivity index (χ1v) is 8.89. The number of anilines is 1. The van der Waals surface area contributed by atoms with Gasteiger partial charge in [0, 0.05) is 33.1 Å². The molecule has 122 valence electrons. The van der Waals surface area contributed by atoms with Crippen LogP contribution in [0.5, 0.6) is 0 Å². The molecule has 0 aromatic heterocycles. The van der Waals surface area contributed by atoms with Crippen LogP contribution in [-0.2, 0) is 0 Å². The van der Waals surface area contributed by atoms with Crippen molar-refractivity contribution in [3.8, 4) is 0 Å². The summed E-state index contributed by atoms with van der Waals surface area (Å²) in [4.78, 5) is 10.8. The van der Waals surface area contributed by atoms with Gasteiger partial charge < -0.3 is 5.32 Å². The number of nitrogens with one attached hydrogen (secondary N) is 1. The second-order valence-corrected chi connectivity index (χ2v) is 7.40. The Morgan fingerprint density at radius 1 is 1.25 bits per heavy atom. The van der Waals surface area contributed by atoms with Crippen LogP contribution < -0.4 is 5.32 Å². The molecule has 0 bridgehead atoms. The van der Waals surface area contributed by atoms with Crippen molar-refractivity contribution in [3.63, 3.8) is 0 Å². The molecule has 4 nitrogen and oxygen atoms in total. The third kappa shape index (κ3) is 2.43. The summed E-state index contributed by atoms with van der Waals surface area (Å²) in [5.74, 6) is 0.588. The lowest BCUT2D eigenvalue weighted by atomic mass is 9.77. The Kier molecular flexibility index (Phi) is 3.85. The van der Waals surface area contributed by atoms with E-state index in [1.54, 1.807) is 12.1 Å². The molecule has 0 amide bonds. The number of nitro benzene ring substituents is 1. The highest BCUT2D eigenvalue weighted by molar-refractivity contribution is 9.10. The lowest BCUT2D eigenvalue weighted by Gasteiger charge is -2.38. The summed E-state index contributed by atoms with van der Waals surface area (Å²) < 4.78 is 0.991. The maximum Gasteiger partial charge on any atom is 0.269 e. The summed E-state index contributed by atoms with van der Waals surface area (Å²) in [6, 6.07) is 10.8. The Labute approximate surface area is 152 Å². The number of para-hydroxylation sites is 1. The first-order valence-electron chi connectivity index (χ1n) is 7.71. The number of nitro groups is 1. The second-order valence-electron chi connectivity index (χ2n) is 6.14. The zero-order chi connectivity index (χ0) is 16.8. The molecular formula is C18H14BrClN2O2. The van der Waals surface area contributed by atoms with Gasteiger partial charge in [0.2, 0.25) is 0 Å². The summed E-state index contributed by atoms with van der Waals surface area (Å²) in [7, 11) is 0. The van der Waals surface area contributed by atoms with Gasteiger partial charge in [0.05, 0.1) is 16.7 Å². The van der Waals surface area contributed by atoms with E-state index in [-0.39, 0.29) is 16.7 Å². The van der Waals surface area contributed by atoms with E-state index in [0.717, 1.165) is 22.1 Å². The highest BCUT2D eigenvalue weighted by atomic mass is 79.9. The van der Waals surface area contributed by atoms with Crippen LogP contribution in [0.2, 0.25) is 5.02 Å². The summed E-state index contributed by atoms with van der Waals surface area (Å²) in [5.41, 5.74) is 3.14. The van der Waals surface area contributed by atoms with Gasteiger partial charge in [0.25, 0.3) is 5.69 Å². The van der Waals surface area contributed by atoms with E-state index in [4.69, 9.17) is 11.6 Å². The average molecular weight is 406 g/mol. The van der Waals surface area contributed by atoms with E-state index in [1.165, 1.54) is 11.6 Å². The lowest BCUT2D eigenvalue weighted by Crippen LogP contribution is -2.29. The lowest BCUT2D eigenvalue weighted by molar-refractivity contribution is -0.384. The minimum absolute atomic E-state index is 0.0661. The number of nitrogens with zero attached hydrogens (tertiary/aromatic N) is 1. The van der Waals surface area contributed by atoms with Crippen molar-refractivity contribution in [1.29, 1.82) is 0 Å². The Morgan fingerprint density at radius 3 is 2.88 bits per heavy atom. The van der Waals surface area contributed by atoms with Gasteiger partial charge in [-0.1, -0.05) is 35.9 Å². The molecule has 0 spiro atoms. The van der Waals surface area contributed by atoms with Crippen LogP contribution in [0.3, 0.4) is 0 Å². The Hall–Kier alpha value is -1.85. The predicted molar refractivity (Wildman–Crippen MR) is 98.6 cm³/mol. The monoisotopic (exact) mass is 404 g/mol. The van der Waals surface area contributed by atoms with Crippen LogP contribution in [0.1, 0.15) is 29.5 Å². The van der Waals surface area contributed by atoms with Crippen LogP contribution in [0.25, 0.3) is 0 Å². The minimum atomic E-state index is -0.378. The van der Waals surface area contributed by atoms with Crippen molar-refractivity contribution in [2.45, 2.75) is 18.4 Å². The summed E-state index contributed by atoms with van der Waals surface area (Å²) in [5, 5.41) is 15.3. The van der Waals surface area contributed by atoms with Crippen molar-refractivity contribution < 1.29 is 4.92 Å². The highest BCUT2D eigenvalue weighted by Gasteiger charge is 2.39. The molecule has 4 rings (SSSR count). The van der Waals surface area contributed by atoms with Crippen LogP contribution in [0, 0.1) is 16.0 Å². The van der Waals surface area contributed by atoms with Gasteiger partial charge in [-0.3, -0.25) is 10.1 Å². The highest BCUT2D eigenvalue weighted by Crippen LogP contribution is 2.52. The summed E-state index contributed by atoms with van der Waals surface area (Å²) >= 11 is 10.0. The second kappa shape index (κ2) is 5.90. The fourth-order valence-electron chi connectivity index (χ4n) is 3.77. The van der Waals surface area contributed by atoms with Gasteiger partial charge in [0.1, 0.15) is 0 Å². The number of fused-ring (bicyclic) bond motifs is 3. The van der Waals surface area contributed by atoms with E-state index < -0.39 is 0 Å². The molecule has 0 unspecified atom stereocenters. The van der Waals surface area contributed by atoms with Gasteiger partial charge in [0.15, 0.2) is 0 Å². The van der Waals surface area contributed by atoms with Gasteiger partial charge in [-0.05, 0) is 46.0 Å². The first kappa shape index (κ1) is 15.7. The fourth-order valence-corrected chi connectivity index (χ4v) is 4.51. The molecule has 0 saturated heterocycles. The number of hydrogen-bond acceptors (Lipinski definition) is 3.